The van der Waals surface area contributed by atoms with E-state index in [0.717, 1.165) is 64.4 Å². The number of nitrogens with one attached hydrogen (secondary N) is 1. The maximum absolute atomic E-state index is 6.17. The number of fused-ring (bicyclic) bond motifs is 2. The SMILES string of the molecule is Nc1ncnc2c1nc(Sc1cc3c(cc1-c1ccsc1)OCO3)n2CCC1CCNCC1. The Bertz CT molecular complexity index is 1280. The molecule has 3 N–H and O–H groups in total. The van der Waals surface area contributed by atoms with E-state index < -0.39 is 0 Å². The summed E-state index contributed by atoms with van der Waals surface area (Å²) in [4.78, 5) is 14.6. The monoisotopic (exact) mass is 480 g/mol. The van der Waals surface area contributed by atoms with Crippen LogP contribution in [0, 0.1) is 5.92 Å². The van der Waals surface area contributed by atoms with Crippen LogP contribution >= 0.6 is 23.1 Å². The van der Waals surface area contributed by atoms with Crippen LogP contribution < -0.4 is 20.5 Å². The molecule has 0 bridgehead atoms. The van der Waals surface area contributed by atoms with Crippen LogP contribution in [0.4, 0.5) is 5.82 Å². The quantitative estimate of drug-likeness (QED) is 0.419. The molecule has 3 aromatic heterocycles. The van der Waals surface area contributed by atoms with Crippen molar-refractivity contribution in [2.45, 2.75) is 35.9 Å². The molecular weight excluding hydrogens is 456 g/mol. The highest BCUT2D eigenvalue weighted by atomic mass is 32.2. The van der Waals surface area contributed by atoms with Crippen molar-refractivity contribution in [3.05, 3.63) is 35.3 Å². The lowest BCUT2D eigenvalue weighted by Crippen LogP contribution is -2.28. The first kappa shape index (κ1) is 20.8. The molecule has 10 heteroatoms. The summed E-state index contributed by atoms with van der Waals surface area (Å²) in [7, 11) is 0. The van der Waals surface area contributed by atoms with Crippen molar-refractivity contribution in [3.63, 3.8) is 0 Å². The molecule has 6 rings (SSSR count). The Labute approximate surface area is 199 Å². The van der Waals surface area contributed by atoms with E-state index >= 15 is 0 Å². The Balaban J connectivity index is 1.40. The van der Waals surface area contributed by atoms with Crippen LogP contribution in [-0.4, -0.2) is 39.4 Å². The molecule has 0 amide bonds. The number of imidazole rings is 1. The first-order valence-corrected chi connectivity index (χ1v) is 12.8. The third-order valence-corrected chi connectivity index (χ3v) is 7.99. The van der Waals surface area contributed by atoms with E-state index in [-0.39, 0.29) is 6.79 Å². The Morgan fingerprint density at radius 1 is 1.18 bits per heavy atom. The molecule has 2 aliphatic heterocycles. The third kappa shape index (κ3) is 4.03. The van der Waals surface area contributed by atoms with Crippen molar-refractivity contribution < 1.29 is 9.47 Å². The maximum Gasteiger partial charge on any atom is 0.231 e. The standard InChI is InChI=1S/C23H24N6O2S2/c24-21-20-22(27-12-26-21)29(7-3-14-1-5-25-6-2-14)23(28-20)33-19-10-18-17(30-13-31-18)9-16(19)15-4-8-32-11-15/h4,8-12,14,25H,1-3,5-7,13H2,(H2,24,26,27). The number of hydrogen-bond acceptors (Lipinski definition) is 9. The smallest absolute Gasteiger partial charge is 0.231 e. The van der Waals surface area contributed by atoms with Gasteiger partial charge in [-0.25, -0.2) is 15.0 Å². The lowest BCUT2D eigenvalue weighted by atomic mass is 9.95. The van der Waals surface area contributed by atoms with Crippen molar-refractivity contribution in [2.24, 2.45) is 5.92 Å². The molecule has 2 aliphatic rings. The summed E-state index contributed by atoms with van der Waals surface area (Å²) in [6.07, 6.45) is 5.02. The fourth-order valence-corrected chi connectivity index (χ4v) is 6.18. The number of nitrogen functional groups attached to an aromatic ring is 1. The minimum absolute atomic E-state index is 0.243. The maximum atomic E-state index is 6.17. The fraction of sp³-hybridized carbons (Fsp3) is 0.348. The van der Waals surface area contributed by atoms with Crippen LogP contribution in [0.3, 0.4) is 0 Å². The van der Waals surface area contributed by atoms with E-state index in [0.29, 0.717) is 17.3 Å². The Kier molecular flexibility index (Phi) is 5.57. The molecule has 1 aromatic carbocycles. The summed E-state index contributed by atoms with van der Waals surface area (Å²) in [5, 5.41) is 8.54. The summed E-state index contributed by atoms with van der Waals surface area (Å²) in [6.45, 7) is 3.27. The van der Waals surface area contributed by atoms with Gasteiger partial charge in [0.25, 0.3) is 0 Å². The summed E-state index contributed by atoms with van der Waals surface area (Å²) in [5.41, 5.74) is 9.87. The van der Waals surface area contributed by atoms with Crippen molar-refractivity contribution in [1.82, 2.24) is 24.8 Å². The lowest BCUT2D eigenvalue weighted by Gasteiger charge is -2.23. The van der Waals surface area contributed by atoms with Crippen LogP contribution in [0.2, 0.25) is 0 Å². The number of piperidine rings is 1. The summed E-state index contributed by atoms with van der Waals surface area (Å²) < 4.78 is 13.5. The molecule has 4 aromatic rings. The van der Waals surface area contributed by atoms with E-state index in [1.807, 2.05) is 6.07 Å². The largest absolute Gasteiger partial charge is 0.454 e. The Morgan fingerprint density at radius 3 is 2.85 bits per heavy atom. The number of benzene rings is 1. The number of aromatic nitrogens is 4. The molecule has 0 unspecified atom stereocenters. The molecule has 0 radical (unpaired) electrons. The van der Waals surface area contributed by atoms with E-state index in [2.05, 4.69) is 42.7 Å². The molecule has 0 saturated carbocycles. The van der Waals surface area contributed by atoms with Gasteiger partial charge in [0, 0.05) is 17.0 Å². The first-order valence-electron chi connectivity index (χ1n) is 11.1. The number of rotatable bonds is 6. The summed E-state index contributed by atoms with van der Waals surface area (Å²) in [5.74, 6) is 2.64. The van der Waals surface area contributed by atoms with Gasteiger partial charge in [-0.15, -0.1) is 0 Å². The second kappa shape index (κ2) is 8.85. The van der Waals surface area contributed by atoms with Crippen molar-refractivity contribution >= 4 is 40.1 Å². The zero-order valence-electron chi connectivity index (χ0n) is 18.0. The van der Waals surface area contributed by atoms with E-state index in [4.69, 9.17) is 20.2 Å². The number of aryl methyl sites for hydroxylation is 1. The van der Waals surface area contributed by atoms with Gasteiger partial charge >= 0.3 is 0 Å². The van der Waals surface area contributed by atoms with Crippen LogP contribution in [0.15, 0.2) is 45.3 Å². The molecule has 5 heterocycles. The van der Waals surface area contributed by atoms with Crippen LogP contribution in [-0.2, 0) is 6.54 Å². The zero-order chi connectivity index (χ0) is 22.2. The molecule has 8 nitrogen and oxygen atoms in total. The number of thiophene rings is 1. The van der Waals surface area contributed by atoms with Gasteiger partial charge in [-0.05, 0) is 72.8 Å². The van der Waals surface area contributed by atoms with Gasteiger partial charge in [-0.1, -0.05) is 11.8 Å². The normalized spacial score (nSPS) is 16.0. The average molecular weight is 481 g/mol. The zero-order valence-corrected chi connectivity index (χ0v) is 19.6. The minimum Gasteiger partial charge on any atom is -0.454 e. The van der Waals surface area contributed by atoms with Gasteiger partial charge in [-0.2, -0.15) is 11.3 Å². The number of ether oxygens (including phenoxy) is 2. The topological polar surface area (TPSA) is 100 Å². The second-order valence-corrected chi connectivity index (χ2v) is 10.1. The van der Waals surface area contributed by atoms with Gasteiger partial charge in [-0.3, -0.25) is 0 Å². The highest BCUT2D eigenvalue weighted by molar-refractivity contribution is 7.99. The Hall–Kier alpha value is -2.82. The van der Waals surface area contributed by atoms with Crippen LogP contribution in [0.25, 0.3) is 22.3 Å². The molecule has 1 fully saturated rings. The van der Waals surface area contributed by atoms with Gasteiger partial charge in [0.2, 0.25) is 6.79 Å². The third-order valence-electron chi connectivity index (χ3n) is 6.25. The van der Waals surface area contributed by atoms with E-state index in [9.17, 15) is 0 Å². The molecular formula is C23H24N6O2S2. The predicted molar refractivity (Wildman–Crippen MR) is 130 cm³/mol. The number of anilines is 1. The molecule has 33 heavy (non-hydrogen) atoms. The van der Waals surface area contributed by atoms with Crippen LogP contribution in [0.1, 0.15) is 19.3 Å². The van der Waals surface area contributed by atoms with Gasteiger partial charge in [0.15, 0.2) is 33.6 Å². The summed E-state index contributed by atoms with van der Waals surface area (Å²) >= 11 is 3.28. The van der Waals surface area contributed by atoms with Gasteiger partial charge < -0.3 is 25.1 Å². The molecule has 0 aliphatic carbocycles. The van der Waals surface area contributed by atoms with Crippen LogP contribution in [0.5, 0.6) is 11.5 Å². The predicted octanol–water partition coefficient (Wildman–Crippen LogP) is 4.41. The average Bonchev–Trinajstić information content (AvgIpc) is 3.59. The van der Waals surface area contributed by atoms with Crippen molar-refractivity contribution in [1.29, 1.82) is 0 Å². The minimum atomic E-state index is 0.243. The molecule has 0 atom stereocenters. The Morgan fingerprint density at radius 2 is 2.03 bits per heavy atom. The summed E-state index contributed by atoms with van der Waals surface area (Å²) in [6, 6.07) is 6.23. The highest BCUT2D eigenvalue weighted by Gasteiger charge is 2.23. The molecule has 0 spiro atoms. The fourth-order valence-electron chi connectivity index (χ4n) is 4.44. The lowest BCUT2D eigenvalue weighted by molar-refractivity contribution is 0.174. The second-order valence-electron chi connectivity index (χ2n) is 8.27. The molecule has 1 saturated heterocycles. The first-order chi connectivity index (χ1) is 16.3. The highest BCUT2D eigenvalue weighted by Crippen LogP contribution is 2.45. The van der Waals surface area contributed by atoms with Crippen molar-refractivity contribution in [3.8, 4) is 22.6 Å². The molecule has 170 valence electrons. The van der Waals surface area contributed by atoms with Gasteiger partial charge in [0.1, 0.15) is 6.33 Å². The van der Waals surface area contributed by atoms with Gasteiger partial charge in [0.05, 0.1) is 0 Å². The number of nitrogens with two attached hydrogens (primary N) is 1. The number of hydrogen-bond donors (Lipinski definition) is 2. The van der Waals surface area contributed by atoms with E-state index in [1.165, 1.54) is 19.2 Å². The van der Waals surface area contributed by atoms with Crippen molar-refractivity contribution in [2.75, 3.05) is 25.6 Å². The number of nitrogens with zero attached hydrogens (tertiary/aromatic N) is 4. The van der Waals surface area contributed by atoms with E-state index in [1.54, 1.807) is 23.1 Å².